The Balaban J connectivity index is 1.08. The lowest BCUT2D eigenvalue weighted by Gasteiger charge is -2.40. The molecule has 0 aromatic heterocycles. The summed E-state index contributed by atoms with van der Waals surface area (Å²) in [4.78, 5) is 0. The molecule has 0 fully saturated rings. The van der Waals surface area contributed by atoms with E-state index in [9.17, 15) is 0 Å². The van der Waals surface area contributed by atoms with Gasteiger partial charge in [0.25, 0.3) is 0 Å². The summed E-state index contributed by atoms with van der Waals surface area (Å²) < 4.78 is 7.13. The molecule has 1 heterocycles. The zero-order valence-electron chi connectivity index (χ0n) is 33.5. The standard InChI is InChI=1S/C60H40O/c1-3-20-39(21-4-1)59(40-22-5-2-6-23-40)52-34-16-13-30-48(52)57-46(31-19-36-54(57)59)41-24-7-8-25-42(41)49-38-55-58(47-29-10-9-26-43(47)49)61-56-37-18-17-35-53(56)60(55)50-32-14-11-27-44(50)45-28-12-15-33-51(45)60/h1-38,54,57H. The molecule has 13 rings (SSSR count). The smallest absolute Gasteiger partial charge is 0.140 e. The highest BCUT2D eigenvalue weighted by Gasteiger charge is 2.55. The van der Waals surface area contributed by atoms with Crippen molar-refractivity contribution < 1.29 is 4.74 Å². The van der Waals surface area contributed by atoms with Crippen molar-refractivity contribution in [2.45, 2.75) is 16.7 Å². The van der Waals surface area contributed by atoms with Crippen LogP contribution in [0.2, 0.25) is 0 Å². The molecule has 2 unspecified atom stereocenters. The molecule has 9 aromatic rings. The van der Waals surface area contributed by atoms with Gasteiger partial charge in [-0.2, -0.15) is 0 Å². The van der Waals surface area contributed by atoms with E-state index in [1.54, 1.807) is 0 Å². The van der Waals surface area contributed by atoms with Crippen molar-refractivity contribution in [3.05, 3.63) is 281 Å². The maximum absolute atomic E-state index is 7.13. The zero-order valence-corrected chi connectivity index (χ0v) is 33.5. The fourth-order valence-electron chi connectivity index (χ4n) is 12.1. The van der Waals surface area contributed by atoms with Crippen LogP contribution in [0.1, 0.15) is 56.0 Å². The summed E-state index contributed by atoms with van der Waals surface area (Å²) >= 11 is 0. The summed E-state index contributed by atoms with van der Waals surface area (Å²) in [6.45, 7) is 0. The van der Waals surface area contributed by atoms with E-state index < -0.39 is 5.41 Å². The Morgan fingerprint density at radius 3 is 1.61 bits per heavy atom. The zero-order chi connectivity index (χ0) is 40.1. The van der Waals surface area contributed by atoms with E-state index in [1.165, 1.54) is 83.3 Å². The molecule has 0 bridgehead atoms. The first-order valence-electron chi connectivity index (χ1n) is 21.5. The molecule has 0 amide bonds. The van der Waals surface area contributed by atoms with Gasteiger partial charge in [0, 0.05) is 28.3 Å². The fraction of sp³-hybridized carbons (Fsp3) is 0.0667. The fourth-order valence-corrected chi connectivity index (χ4v) is 12.1. The third kappa shape index (κ3) is 4.50. The predicted octanol–water partition coefficient (Wildman–Crippen LogP) is 14.7. The van der Waals surface area contributed by atoms with Crippen molar-refractivity contribution in [1.29, 1.82) is 0 Å². The predicted molar refractivity (Wildman–Crippen MR) is 249 cm³/mol. The minimum atomic E-state index is -0.571. The average molecular weight is 777 g/mol. The summed E-state index contributed by atoms with van der Waals surface area (Å²) in [6.07, 6.45) is 7.21. The van der Waals surface area contributed by atoms with E-state index >= 15 is 0 Å². The van der Waals surface area contributed by atoms with Crippen LogP contribution in [-0.4, -0.2) is 0 Å². The molecule has 2 atom stereocenters. The Labute approximate surface area is 356 Å². The molecule has 4 aliphatic rings. The molecule has 1 spiro atoms. The van der Waals surface area contributed by atoms with Crippen LogP contribution in [0.3, 0.4) is 0 Å². The summed E-state index contributed by atoms with van der Waals surface area (Å²) in [5.41, 5.74) is 17.0. The Morgan fingerprint density at radius 2 is 0.918 bits per heavy atom. The quantitative estimate of drug-likeness (QED) is 0.173. The topological polar surface area (TPSA) is 9.23 Å². The van der Waals surface area contributed by atoms with E-state index in [2.05, 4.69) is 231 Å². The number of benzene rings is 9. The van der Waals surface area contributed by atoms with E-state index in [0.717, 1.165) is 16.9 Å². The van der Waals surface area contributed by atoms with Crippen LogP contribution in [0.25, 0.3) is 38.6 Å². The second-order valence-electron chi connectivity index (χ2n) is 17.0. The van der Waals surface area contributed by atoms with Gasteiger partial charge >= 0.3 is 0 Å². The van der Waals surface area contributed by atoms with Gasteiger partial charge in [-0.05, 0) is 84.3 Å². The second kappa shape index (κ2) is 13.0. The van der Waals surface area contributed by atoms with Crippen molar-refractivity contribution in [2.24, 2.45) is 5.92 Å². The van der Waals surface area contributed by atoms with Gasteiger partial charge in [-0.15, -0.1) is 0 Å². The van der Waals surface area contributed by atoms with Gasteiger partial charge in [0.15, 0.2) is 0 Å². The van der Waals surface area contributed by atoms with Crippen LogP contribution in [-0.2, 0) is 10.8 Å². The Morgan fingerprint density at radius 1 is 0.393 bits per heavy atom. The average Bonchev–Trinajstić information content (AvgIpc) is 3.81. The highest BCUT2D eigenvalue weighted by atomic mass is 16.5. The van der Waals surface area contributed by atoms with Crippen LogP contribution >= 0.6 is 0 Å². The summed E-state index contributed by atoms with van der Waals surface area (Å²) in [6, 6.07) is 78.9. The lowest BCUT2D eigenvalue weighted by Crippen LogP contribution is -2.35. The largest absolute Gasteiger partial charge is 0.456 e. The molecule has 1 heteroatoms. The Kier molecular flexibility index (Phi) is 7.33. The molecular weight excluding hydrogens is 737 g/mol. The number of ether oxygens (including phenoxy) is 1. The van der Waals surface area contributed by atoms with Crippen LogP contribution in [0.4, 0.5) is 0 Å². The first-order valence-corrected chi connectivity index (χ1v) is 21.5. The minimum absolute atomic E-state index is 0.127. The number of rotatable bonds is 4. The van der Waals surface area contributed by atoms with Gasteiger partial charge in [0.05, 0.1) is 10.8 Å². The highest BCUT2D eigenvalue weighted by Crippen LogP contribution is 2.65. The van der Waals surface area contributed by atoms with Gasteiger partial charge in [-0.25, -0.2) is 0 Å². The highest BCUT2D eigenvalue weighted by molar-refractivity contribution is 6.06. The number of para-hydroxylation sites is 1. The van der Waals surface area contributed by atoms with Crippen molar-refractivity contribution in [3.8, 4) is 33.8 Å². The van der Waals surface area contributed by atoms with Crippen molar-refractivity contribution >= 4 is 16.3 Å². The van der Waals surface area contributed by atoms with Crippen molar-refractivity contribution in [3.63, 3.8) is 0 Å². The van der Waals surface area contributed by atoms with E-state index in [0.29, 0.717) is 0 Å². The molecule has 0 N–H and O–H groups in total. The second-order valence-corrected chi connectivity index (χ2v) is 17.0. The Bertz CT molecular complexity index is 3210. The van der Waals surface area contributed by atoms with E-state index in [-0.39, 0.29) is 17.3 Å². The lowest BCUT2D eigenvalue weighted by atomic mass is 9.62. The normalized spacial score (nSPS) is 17.9. The first kappa shape index (κ1) is 34.4. The molecule has 1 aliphatic heterocycles. The number of allylic oxidation sites excluding steroid dienone is 4. The number of hydrogen-bond acceptors (Lipinski definition) is 1. The van der Waals surface area contributed by atoms with Gasteiger partial charge < -0.3 is 4.74 Å². The van der Waals surface area contributed by atoms with Crippen LogP contribution < -0.4 is 4.74 Å². The minimum Gasteiger partial charge on any atom is -0.456 e. The monoisotopic (exact) mass is 776 g/mol. The molecule has 0 radical (unpaired) electrons. The molecule has 1 nitrogen and oxygen atoms in total. The van der Waals surface area contributed by atoms with Crippen LogP contribution in [0.15, 0.2) is 231 Å². The molecule has 3 aliphatic carbocycles. The molecular formula is C60H40O. The van der Waals surface area contributed by atoms with E-state index in [1.807, 2.05) is 0 Å². The lowest BCUT2D eigenvalue weighted by molar-refractivity contribution is 0.442. The van der Waals surface area contributed by atoms with Gasteiger partial charge in [-0.3, -0.25) is 0 Å². The number of fused-ring (bicyclic) bond motifs is 14. The van der Waals surface area contributed by atoms with Gasteiger partial charge in [-0.1, -0.05) is 218 Å². The molecule has 0 saturated heterocycles. The Hall–Kier alpha value is -7.48. The van der Waals surface area contributed by atoms with Crippen LogP contribution in [0.5, 0.6) is 11.5 Å². The summed E-state index contributed by atoms with van der Waals surface area (Å²) in [5.74, 6) is 2.12. The maximum atomic E-state index is 7.13. The summed E-state index contributed by atoms with van der Waals surface area (Å²) in [7, 11) is 0. The van der Waals surface area contributed by atoms with E-state index in [4.69, 9.17) is 4.74 Å². The SMILES string of the molecule is C1=CC2C(C(c3ccccc3-c3cc4c(c5ccccc35)Oc3ccccc3C43c4ccccc4-c4ccccc43)=C1)c1ccccc1C2(c1ccccc1)c1ccccc1. The number of hydrogen-bond donors (Lipinski definition) is 0. The van der Waals surface area contributed by atoms with Gasteiger partial charge in [0.2, 0.25) is 0 Å². The van der Waals surface area contributed by atoms with Crippen LogP contribution in [0, 0.1) is 5.92 Å². The summed E-state index contributed by atoms with van der Waals surface area (Å²) in [5, 5.41) is 2.30. The molecule has 9 aromatic carbocycles. The van der Waals surface area contributed by atoms with Crippen molar-refractivity contribution in [2.75, 3.05) is 0 Å². The van der Waals surface area contributed by atoms with Crippen molar-refractivity contribution in [1.82, 2.24) is 0 Å². The maximum Gasteiger partial charge on any atom is 0.140 e. The van der Waals surface area contributed by atoms with Gasteiger partial charge in [0.1, 0.15) is 11.5 Å². The third-order valence-corrected chi connectivity index (χ3v) is 14.4. The molecule has 0 saturated carbocycles. The first-order chi connectivity index (χ1) is 30.3. The molecule has 61 heavy (non-hydrogen) atoms. The third-order valence-electron chi connectivity index (χ3n) is 14.4. The molecule has 286 valence electrons.